The highest BCUT2D eigenvalue weighted by molar-refractivity contribution is 6.30. The van der Waals surface area contributed by atoms with Crippen LogP contribution >= 0.6 is 11.6 Å². The van der Waals surface area contributed by atoms with Crippen LogP contribution in [0.2, 0.25) is 5.02 Å². The lowest BCUT2D eigenvalue weighted by Crippen LogP contribution is -2.31. The molecule has 0 aliphatic heterocycles. The molecular formula is C19H17ClF3NO3. The summed E-state index contributed by atoms with van der Waals surface area (Å²) in [6.45, 7) is 0. The molecule has 0 fully saturated rings. The van der Waals surface area contributed by atoms with Crippen LogP contribution in [0.15, 0.2) is 48.5 Å². The summed E-state index contributed by atoms with van der Waals surface area (Å²) in [7, 11) is 1.23. The van der Waals surface area contributed by atoms with Gasteiger partial charge in [0.25, 0.3) is 0 Å². The fourth-order valence-electron chi connectivity index (χ4n) is 2.49. The van der Waals surface area contributed by atoms with E-state index in [1.165, 1.54) is 19.2 Å². The molecule has 27 heavy (non-hydrogen) atoms. The highest BCUT2D eigenvalue weighted by atomic mass is 35.5. The van der Waals surface area contributed by atoms with Crippen LogP contribution in [0, 0.1) is 0 Å². The van der Waals surface area contributed by atoms with Crippen molar-refractivity contribution in [1.29, 1.82) is 0 Å². The minimum absolute atomic E-state index is 0.119. The summed E-state index contributed by atoms with van der Waals surface area (Å²) in [6, 6.07) is 10.4. The molecule has 2 aromatic carbocycles. The monoisotopic (exact) mass is 399 g/mol. The van der Waals surface area contributed by atoms with Gasteiger partial charge < -0.3 is 10.1 Å². The van der Waals surface area contributed by atoms with Crippen LogP contribution in [0.1, 0.15) is 29.2 Å². The molecule has 1 unspecified atom stereocenters. The number of alkyl halides is 3. The van der Waals surface area contributed by atoms with Crippen LogP contribution in [0.3, 0.4) is 0 Å². The van der Waals surface area contributed by atoms with Gasteiger partial charge in [-0.3, -0.25) is 9.59 Å². The smallest absolute Gasteiger partial charge is 0.416 e. The van der Waals surface area contributed by atoms with Gasteiger partial charge in [0.2, 0.25) is 5.91 Å². The Labute approximate surface area is 159 Å². The van der Waals surface area contributed by atoms with E-state index in [-0.39, 0.29) is 18.4 Å². The van der Waals surface area contributed by atoms with E-state index in [0.717, 1.165) is 12.1 Å². The SMILES string of the molecule is COC(=O)CC(NC(=O)Cc1cccc(C(F)(F)F)c1)c1ccc(Cl)cc1. The first-order chi connectivity index (χ1) is 12.7. The lowest BCUT2D eigenvalue weighted by atomic mass is 10.0. The van der Waals surface area contributed by atoms with Gasteiger partial charge in [0, 0.05) is 5.02 Å². The van der Waals surface area contributed by atoms with E-state index < -0.39 is 29.7 Å². The number of carbonyl (C=O) groups excluding carboxylic acids is 2. The van der Waals surface area contributed by atoms with Crippen molar-refractivity contribution < 1.29 is 27.5 Å². The van der Waals surface area contributed by atoms with Gasteiger partial charge in [-0.25, -0.2) is 0 Å². The number of ether oxygens (including phenoxy) is 1. The van der Waals surface area contributed by atoms with E-state index >= 15 is 0 Å². The third kappa shape index (κ3) is 6.29. The lowest BCUT2D eigenvalue weighted by Gasteiger charge is -2.18. The minimum Gasteiger partial charge on any atom is -0.469 e. The third-order valence-corrected chi connectivity index (χ3v) is 4.08. The molecule has 0 spiro atoms. The van der Waals surface area contributed by atoms with Crippen molar-refractivity contribution in [3.63, 3.8) is 0 Å². The maximum Gasteiger partial charge on any atom is 0.416 e. The molecule has 1 atom stereocenters. The summed E-state index contributed by atoms with van der Waals surface area (Å²) in [5.74, 6) is -1.05. The molecule has 0 saturated carbocycles. The van der Waals surface area contributed by atoms with Crippen LogP contribution < -0.4 is 5.32 Å². The van der Waals surface area contributed by atoms with Crippen molar-refractivity contribution >= 4 is 23.5 Å². The second-order valence-electron chi connectivity index (χ2n) is 5.83. The second-order valence-corrected chi connectivity index (χ2v) is 6.26. The van der Waals surface area contributed by atoms with E-state index in [2.05, 4.69) is 10.1 Å². The Balaban J connectivity index is 2.13. The van der Waals surface area contributed by atoms with Gasteiger partial charge in [0.05, 0.1) is 31.6 Å². The first-order valence-electron chi connectivity index (χ1n) is 7.97. The van der Waals surface area contributed by atoms with Crippen LogP contribution in [-0.4, -0.2) is 19.0 Å². The average Bonchev–Trinajstić information content (AvgIpc) is 2.61. The summed E-state index contributed by atoms with van der Waals surface area (Å²) in [6.07, 6.45) is -4.86. The predicted octanol–water partition coefficient (Wildman–Crippen LogP) is 4.32. The maximum atomic E-state index is 12.8. The maximum absolute atomic E-state index is 12.8. The minimum atomic E-state index is -4.48. The molecule has 4 nitrogen and oxygen atoms in total. The Morgan fingerprint density at radius 2 is 1.81 bits per heavy atom. The Morgan fingerprint density at radius 3 is 2.41 bits per heavy atom. The van der Waals surface area contributed by atoms with E-state index in [9.17, 15) is 22.8 Å². The largest absolute Gasteiger partial charge is 0.469 e. The van der Waals surface area contributed by atoms with Crippen molar-refractivity contribution in [3.05, 3.63) is 70.2 Å². The van der Waals surface area contributed by atoms with Gasteiger partial charge in [-0.1, -0.05) is 41.9 Å². The summed E-state index contributed by atoms with van der Waals surface area (Å²) < 4.78 is 43.0. The topological polar surface area (TPSA) is 55.4 Å². The molecule has 0 aromatic heterocycles. The number of halogens is 4. The number of carbonyl (C=O) groups is 2. The Kier molecular flexibility index (Phi) is 6.85. The number of rotatable bonds is 6. The Morgan fingerprint density at radius 1 is 1.15 bits per heavy atom. The van der Waals surface area contributed by atoms with Gasteiger partial charge >= 0.3 is 12.1 Å². The standard InChI is InChI=1S/C19H17ClF3NO3/c1-27-18(26)11-16(13-5-7-15(20)8-6-13)24-17(25)10-12-3-2-4-14(9-12)19(21,22)23/h2-9,16H,10-11H2,1H3,(H,24,25). The molecule has 0 aliphatic rings. The van der Waals surface area contributed by atoms with Crippen molar-refractivity contribution in [2.24, 2.45) is 0 Å². The molecule has 2 rings (SSSR count). The van der Waals surface area contributed by atoms with Crippen molar-refractivity contribution in [2.75, 3.05) is 7.11 Å². The van der Waals surface area contributed by atoms with E-state index in [4.69, 9.17) is 11.6 Å². The van der Waals surface area contributed by atoms with Crippen LogP contribution in [0.5, 0.6) is 0 Å². The number of hydrogen-bond donors (Lipinski definition) is 1. The number of hydrogen-bond acceptors (Lipinski definition) is 3. The Bertz CT molecular complexity index is 807. The van der Waals surface area contributed by atoms with Crippen LogP contribution in [-0.2, 0) is 26.9 Å². The van der Waals surface area contributed by atoms with Crippen molar-refractivity contribution in [1.82, 2.24) is 5.32 Å². The van der Waals surface area contributed by atoms with Gasteiger partial charge in [0.15, 0.2) is 0 Å². The zero-order valence-electron chi connectivity index (χ0n) is 14.3. The second kappa shape index (κ2) is 8.90. The third-order valence-electron chi connectivity index (χ3n) is 3.83. The van der Waals surface area contributed by atoms with Gasteiger partial charge in [-0.15, -0.1) is 0 Å². The summed E-state index contributed by atoms with van der Waals surface area (Å²) >= 11 is 5.84. The number of esters is 1. The fraction of sp³-hybridized carbons (Fsp3) is 0.263. The lowest BCUT2D eigenvalue weighted by molar-refractivity contribution is -0.141. The van der Waals surface area contributed by atoms with Gasteiger partial charge in [0.1, 0.15) is 0 Å². The molecule has 8 heteroatoms. The fourth-order valence-corrected chi connectivity index (χ4v) is 2.61. The molecule has 0 radical (unpaired) electrons. The number of benzene rings is 2. The van der Waals surface area contributed by atoms with Crippen molar-refractivity contribution in [3.8, 4) is 0 Å². The summed E-state index contributed by atoms with van der Waals surface area (Å²) in [5.41, 5.74) is 0.0223. The predicted molar refractivity (Wildman–Crippen MR) is 94.1 cm³/mol. The quantitative estimate of drug-likeness (QED) is 0.736. The molecule has 2 aromatic rings. The molecule has 1 N–H and O–H groups in total. The average molecular weight is 400 g/mol. The molecular weight excluding hydrogens is 383 g/mol. The molecule has 0 bridgehead atoms. The van der Waals surface area contributed by atoms with Gasteiger partial charge in [-0.05, 0) is 29.3 Å². The zero-order valence-corrected chi connectivity index (χ0v) is 15.1. The highest BCUT2D eigenvalue weighted by Gasteiger charge is 2.30. The van der Waals surface area contributed by atoms with Gasteiger partial charge in [-0.2, -0.15) is 13.2 Å². The zero-order chi connectivity index (χ0) is 20.0. The normalized spacial score (nSPS) is 12.3. The number of methoxy groups -OCH3 is 1. The van der Waals surface area contributed by atoms with Crippen molar-refractivity contribution in [2.45, 2.75) is 25.1 Å². The number of amides is 1. The van der Waals surface area contributed by atoms with Crippen LogP contribution in [0.4, 0.5) is 13.2 Å². The van der Waals surface area contributed by atoms with E-state index in [1.54, 1.807) is 24.3 Å². The molecule has 0 aliphatic carbocycles. The van der Waals surface area contributed by atoms with E-state index in [1.807, 2.05) is 0 Å². The molecule has 144 valence electrons. The number of nitrogens with one attached hydrogen (secondary N) is 1. The van der Waals surface area contributed by atoms with Crippen LogP contribution in [0.25, 0.3) is 0 Å². The Hall–Kier alpha value is -2.54. The first-order valence-corrected chi connectivity index (χ1v) is 8.34. The molecule has 1 amide bonds. The highest BCUT2D eigenvalue weighted by Crippen LogP contribution is 2.29. The first kappa shape index (κ1) is 20.8. The molecule has 0 heterocycles. The molecule has 0 saturated heterocycles. The summed E-state index contributed by atoms with van der Waals surface area (Å²) in [4.78, 5) is 24.0. The van der Waals surface area contributed by atoms with E-state index in [0.29, 0.717) is 10.6 Å². The summed E-state index contributed by atoms with van der Waals surface area (Å²) in [5, 5.41) is 3.15.